The first-order valence-electron chi connectivity index (χ1n) is 11.4. The fourth-order valence-electron chi connectivity index (χ4n) is 3.26. The Bertz CT molecular complexity index is 947. The molecule has 0 fully saturated rings. The second-order valence-corrected chi connectivity index (χ2v) is 8.39. The first-order valence-corrected chi connectivity index (χ1v) is 11.4. The zero-order valence-electron chi connectivity index (χ0n) is 19.9. The van der Waals surface area contributed by atoms with Gasteiger partial charge in [0.15, 0.2) is 0 Å². The van der Waals surface area contributed by atoms with Gasteiger partial charge in [-0.25, -0.2) is 4.79 Å². The van der Waals surface area contributed by atoms with Crippen molar-refractivity contribution in [1.82, 2.24) is 16.0 Å². The summed E-state index contributed by atoms with van der Waals surface area (Å²) in [7, 11) is 0. The molecule has 0 aliphatic heterocycles. The van der Waals surface area contributed by atoms with Crippen LogP contribution in [0.15, 0.2) is 60.7 Å². The average molecular weight is 468 g/mol. The van der Waals surface area contributed by atoms with Gasteiger partial charge in [-0.15, -0.1) is 0 Å². The second kappa shape index (κ2) is 13.8. The van der Waals surface area contributed by atoms with Gasteiger partial charge in [0.25, 0.3) is 5.91 Å². The van der Waals surface area contributed by atoms with E-state index in [9.17, 15) is 19.2 Å². The smallest absolute Gasteiger partial charge is 0.408 e. The Hall–Kier alpha value is -3.68. The maximum absolute atomic E-state index is 12.9. The predicted octanol–water partition coefficient (Wildman–Crippen LogP) is 3.11. The van der Waals surface area contributed by atoms with Crippen molar-refractivity contribution < 1.29 is 23.9 Å². The number of ketones is 1. The van der Waals surface area contributed by atoms with Crippen molar-refractivity contribution in [2.75, 3.05) is 0 Å². The molecule has 0 aromatic heterocycles. The van der Waals surface area contributed by atoms with Crippen LogP contribution in [0.3, 0.4) is 0 Å². The number of benzene rings is 2. The Morgan fingerprint density at radius 2 is 1.41 bits per heavy atom. The van der Waals surface area contributed by atoms with Crippen LogP contribution in [0.25, 0.3) is 0 Å². The molecule has 0 radical (unpaired) electrons. The molecular formula is C26H33N3O5. The van der Waals surface area contributed by atoms with Gasteiger partial charge >= 0.3 is 6.09 Å². The summed E-state index contributed by atoms with van der Waals surface area (Å²) < 4.78 is 5.22. The fraction of sp³-hybridized carbons (Fsp3) is 0.385. The number of hydrogen-bond donors (Lipinski definition) is 3. The van der Waals surface area contributed by atoms with E-state index in [-0.39, 0.29) is 25.5 Å². The standard InChI is InChI=1S/C26H33N3O5/c1-4-21(23(30)25(32)27-16-19-11-7-5-8-12-19)28-24(31)22(15-18(2)3)29-26(33)34-17-20-13-9-6-10-14-20/h5-14,18,21-22H,4,15-17H2,1-3H3,(H,27,32)(H,28,31)(H,29,33)/t21-,22-/m0/s1. The molecule has 2 aromatic carbocycles. The maximum Gasteiger partial charge on any atom is 0.408 e. The number of nitrogens with one attached hydrogen (secondary N) is 3. The van der Waals surface area contributed by atoms with Crippen LogP contribution >= 0.6 is 0 Å². The quantitative estimate of drug-likeness (QED) is 0.415. The number of carbonyl (C=O) groups excluding carboxylic acids is 4. The van der Waals surface area contributed by atoms with Gasteiger partial charge in [-0.05, 0) is 29.9 Å². The van der Waals surface area contributed by atoms with E-state index in [0.29, 0.717) is 6.42 Å². The number of carbonyl (C=O) groups is 4. The van der Waals surface area contributed by atoms with E-state index in [0.717, 1.165) is 11.1 Å². The zero-order chi connectivity index (χ0) is 24.9. The molecular weight excluding hydrogens is 434 g/mol. The molecule has 3 N–H and O–H groups in total. The third-order valence-corrected chi connectivity index (χ3v) is 5.09. The minimum Gasteiger partial charge on any atom is -0.445 e. The highest BCUT2D eigenvalue weighted by molar-refractivity contribution is 6.38. The number of Topliss-reactive ketones (excluding diaryl/α,β-unsaturated/α-hetero) is 1. The highest BCUT2D eigenvalue weighted by atomic mass is 16.5. The predicted molar refractivity (Wildman–Crippen MR) is 129 cm³/mol. The Balaban J connectivity index is 1.93. The average Bonchev–Trinajstić information content (AvgIpc) is 2.84. The molecule has 0 spiro atoms. The van der Waals surface area contributed by atoms with E-state index >= 15 is 0 Å². The number of amides is 3. The van der Waals surface area contributed by atoms with Crippen LogP contribution in [0, 0.1) is 5.92 Å². The van der Waals surface area contributed by atoms with Crippen LogP contribution in [0.4, 0.5) is 4.79 Å². The molecule has 0 unspecified atom stereocenters. The number of ether oxygens (including phenoxy) is 1. The van der Waals surface area contributed by atoms with Crippen molar-refractivity contribution in [3.05, 3.63) is 71.8 Å². The molecule has 0 saturated carbocycles. The van der Waals surface area contributed by atoms with E-state index in [1.807, 2.05) is 74.5 Å². The summed E-state index contributed by atoms with van der Waals surface area (Å²) >= 11 is 0. The van der Waals surface area contributed by atoms with Gasteiger partial charge in [-0.2, -0.15) is 0 Å². The van der Waals surface area contributed by atoms with Crippen molar-refractivity contribution in [2.45, 2.75) is 58.8 Å². The summed E-state index contributed by atoms with van der Waals surface area (Å²) in [4.78, 5) is 50.1. The molecule has 3 amide bonds. The highest BCUT2D eigenvalue weighted by Gasteiger charge is 2.29. The molecule has 2 atom stereocenters. The van der Waals surface area contributed by atoms with Crippen molar-refractivity contribution in [1.29, 1.82) is 0 Å². The monoisotopic (exact) mass is 467 g/mol. The lowest BCUT2D eigenvalue weighted by Gasteiger charge is -2.23. The van der Waals surface area contributed by atoms with Crippen LogP contribution in [0.5, 0.6) is 0 Å². The van der Waals surface area contributed by atoms with Gasteiger partial charge in [0.2, 0.25) is 11.7 Å². The minimum absolute atomic E-state index is 0.0698. The van der Waals surface area contributed by atoms with Gasteiger partial charge in [0.05, 0.1) is 6.04 Å². The van der Waals surface area contributed by atoms with E-state index in [4.69, 9.17) is 4.74 Å². The van der Waals surface area contributed by atoms with Crippen LogP contribution < -0.4 is 16.0 Å². The van der Waals surface area contributed by atoms with Crippen LogP contribution in [-0.2, 0) is 32.3 Å². The summed E-state index contributed by atoms with van der Waals surface area (Å²) in [6.45, 7) is 5.81. The summed E-state index contributed by atoms with van der Waals surface area (Å²) in [5, 5.41) is 7.77. The van der Waals surface area contributed by atoms with Crippen molar-refractivity contribution >= 4 is 23.7 Å². The molecule has 2 aromatic rings. The number of rotatable bonds is 12. The van der Waals surface area contributed by atoms with Crippen molar-refractivity contribution in [2.24, 2.45) is 5.92 Å². The van der Waals surface area contributed by atoms with E-state index in [1.54, 1.807) is 6.92 Å². The van der Waals surface area contributed by atoms with Gasteiger partial charge in [-0.3, -0.25) is 14.4 Å². The molecule has 0 aliphatic carbocycles. The Morgan fingerprint density at radius 1 is 0.824 bits per heavy atom. The van der Waals surface area contributed by atoms with Crippen LogP contribution in [0.1, 0.15) is 44.7 Å². The Kier molecular flexibility index (Phi) is 10.8. The molecule has 0 aliphatic rings. The van der Waals surface area contributed by atoms with E-state index in [2.05, 4.69) is 16.0 Å². The molecule has 8 heteroatoms. The molecule has 2 rings (SSSR count). The highest BCUT2D eigenvalue weighted by Crippen LogP contribution is 2.08. The number of alkyl carbamates (subject to hydrolysis) is 1. The number of hydrogen-bond acceptors (Lipinski definition) is 5. The summed E-state index contributed by atoms with van der Waals surface area (Å²) in [6, 6.07) is 16.5. The lowest BCUT2D eigenvalue weighted by atomic mass is 10.0. The summed E-state index contributed by atoms with van der Waals surface area (Å²) in [5.41, 5.74) is 1.68. The van der Waals surface area contributed by atoms with Crippen molar-refractivity contribution in [3.63, 3.8) is 0 Å². The summed E-state index contributed by atoms with van der Waals surface area (Å²) in [5.74, 6) is -1.95. The van der Waals surface area contributed by atoms with Crippen molar-refractivity contribution in [3.8, 4) is 0 Å². The Morgan fingerprint density at radius 3 is 1.97 bits per heavy atom. The van der Waals surface area contributed by atoms with E-state index < -0.39 is 35.8 Å². The van der Waals surface area contributed by atoms with Crippen LogP contribution in [0.2, 0.25) is 0 Å². The Labute approximate surface area is 200 Å². The minimum atomic E-state index is -1.000. The maximum atomic E-state index is 12.9. The molecule has 0 bridgehead atoms. The molecule has 8 nitrogen and oxygen atoms in total. The van der Waals surface area contributed by atoms with Gasteiger partial charge in [-0.1, -0.05) is 81.4 Å². The molecule has 34 heavy (non-hydrogen) atoms. The third kappa shape index (κ3) is 9.05. The summed E-state index contributed by atoms with van der Waals surface area (Å²) in [6.07, 6.45) is -0.155. The molecule has 0 heterocycles. The van der Waals surface area contributed by atoms with Gasteiger partial charge in [0.1, 0.15) is 12.6 Å². The second-order valence-electron chi connectivity index (χ2n) is 8.39. The molecule has 0 saturated heterocycles. The lowest BCUT2D eigenvalue weighted by molar-refractivity contribution is -0.140. The normalized spacial score (nSPS) is 12.4. The largest absolute Gasteiger partial charge is 0.445 e. The lowest BCUT2D eigenvalue weighted by Crippen LogP contribution is -2.54. The fourth-order valence-corrected chi connectivity index (χ4v) is 3.26. The molecule has 182 valence electrons. The first kappa shape index (κ1) is 26.6. The zero-order valence-corrected chi connectivity index (χ0v) is 19.9. The van der Waals surface area contributed by atoms with Crippen LogP contribution in [-0.4, -0.2) is 35.8 Å². The third-order valence-electron chi connectivity index (χ3n) is 5.09. The van der Waals surface area contributed by atoms with Gasteiger partial charge < -0.3 is 20.7 Å². The SMILES string of the molecule is CC[C@H](NC(=O)[C@H](CC(C)C)NC(=O)OCc1ccccc1)C(=O)C(=O)NCc1ccccc1. The topological polar surface area (TPSA) is 114 Å². The van der Waals surface area contributed by atoms with E-state index in [1.165, 1.54) is 0 Å². The first-order chi connectivity index (χ1) is 16.3. The van der Waals surface area contributed by atoms with Gasteiger partial charge in [0, 0.05) is 6.54 Å².